The topological polar surface area (TPSA) is 50.5 Å². The van der Waals surface area contributed by atoms with Crippen LogP contribution in [0.15, 0.2) is 24.3 Å². The van der Waals surface area contributed by atoms with E-state index in [0.29, 0.717) is 0 Å². The molecule has 4 nitrogen and oxygen atoms in total. The summed E-state index contributed by atoms with van der Waals surface area (Å²) in [5.41, 5.74) is 5.66. The molecular weight excluding hydrogens is 250 g/mol. The van der Waals surface area contributed by atoms with Crippen molar-refractivity contribution in [3.8, 4) is 0 Å². The van der Waals surface area contributed by atoms with Gasteiger partial charge in [0.25, 0.3) is 0 Å². The minimum absolute atomic E-state index is 0.0372. The Morgan fingerprint density at radius 1 is 1.40 bits per heavy atom. The van der Waals surface area contributed by atoms with Crippen LogP contribution in [0.1, 0.15) is 37.5 Å². The van der Waals surface area contributed by atoms with Crippen LogP contribution >= 0.6 is 0 Å². The van der Waals surface area contributed by atoms with Gasteiger partial charge in [-0.15, -0.1) is 0 Å². The van der Waals surface area contributed by atoms with E-state index in [0.717, 1.165) is 19.4 Å². The van der Waals surface area contributed by atoms with Crippen molar-refractivity contribution in [3.05, 3.63) is 35.4 Å². The number of nitrogens with zero attached hydrogens (tertiary/aromatic N) is 1. The highest BCUT2D eigenvalue weighted by Crippen LogP contribution is 2.33. The van der Waals surface area contributed by atoms with E-state index in [9.17, 15) is 0 Å². The Labute approximate surface area is 122 Å². The summed E-state index contributed by atoms with van der Waals surface area (Å²) >= 11 is 0. The van der Waals surface area contributed by atoms with Crippen LogP contribution in [0.2, 0.25) is 0 Å². The second-order valence-corrected chi connectivity index (χ2v) is 6.31. The third-order valence-corrected chi connectivity index (χ3v) is 4.75. The second kappa shape index (κ2) is 6.22. The molecule has 0 radical (unpaired) electrons. The Bertz CT molecular complexity index is 445. The van der Waals surface area contributed by atoms with Gasteiger partial charge in [-0.3, -0.25) is 11.3 Å². The van der Waals surface area contributed by atoms with Crippen molar-refractivity contribution in [2.45, 2.75) is 44.4 Å². The van der Waals surface area contributed by atoms with Gasteiger partial charge in [-0.2, -0.15) is 0 Å². The van der Waals surface area contributed by atoms with Crippen LogP contribution < -0.4 is 11.3 Å². The second-order valence-electron chi connectivity index (χ2n) is 6.31. The van der Waals surface area contributed by atoms with Crippen molar-refractivity contribution in [2.24, 2.45) is 5.84 Å². The number of ether oxygens (including phenoxy) is 1. The molecule has 1 aliphatic heterocycles. The smallest absolute Gasteiger partial charge is 0.0843 e. The fourth-order valence-electron chi connectivity index (χ4n) is 2.76. The first-order chi connectivity index (χ1) is 9.46. The summed E-state index contributed by atoms with van der Waals surface area (Å²) in [7, 11) is 4.17. The molecule has 0 bridgehead atoms. The van der Waals surface area contributed by atoms with E-state index < -0.39 is 0 Å². The van der Waals surface area contributed by atoms with Crippen molar-refractivity contribution < 1.29 is 4.74 Å². The largest absolute Gasteiger partial charge is 0.373 e. The van der Waals surface area contributed by atoms with E-state index >= 15 is 0 Å². The number of hydrazine groups is 1. The third kappa shape index (κ3) is 3.04. The van der Waals surface area contributed by atoms with Gasteiger partial charge in [0.15, 0.2) is 0 Å². The summed E-state index contributed by atoms with van der Waals surface area (Å²) < 4.78 is 6.00. The van der Waals surface area contributed by atoms with Crippen molar-refractivity contribution in [3.63, 3.8) is 0 Å². The van der Waals surface area contributed by atoms with Gasteiger partial charge in [0, 0.05) is 11.6 Å². The number of fused-ring (bicyclic) bond motifs is 1. The number of nitrogens with two attached hydrogens (primary N) is 1. The van der Waals surface area contributed by atoms with E-state index in [2.05, 4.69) is 62.5 Å². The maximum atomic E-state index is 6.00. The summed E-state index contributed by atoms with van der Waals surface area (Å²) in [6.45, 7) is 5.19. The Morgan fingerprint density at radius 3 is 2.75 bits per heavy atom. The molecule has 2 atom stereocenters. The fraction of sp³-hybridized carbons (Fsp3) is 0.625. The molecule has 0 amide bonds. The lowest BCUT2D eigenvalue weighted by atomic mass is 9.85. The van der Waals surface area contributed by atoms with E-state index in [1.54, 1.807) is 0 Å². The predicted octanol–water partition coefficient (Wildman–Crippen LogP) is 1.86. The summed E-state index contributed by atoms with van der Waals surface area (Å²) in [5.74, 6) is 5.80. The molecule has 1 aromatic carbocycles. The number of benzene rings is 1. The Morgan fingerprint density at radius 2 is 2.10 bits per heavy atom. The molecule has 2 rings (SSSR count). The molecule has 4 heteroatoms. The summed E-state index contributed by atoms with van der Waals surface area (Å²) in [4.78, 5) is 2.20. The van der Waals surface area contributed by atoms with Gasteiger partial charge in [-0.05, 0) is 51.9 Å². The Hall–Kier alpha value is -0.940. The molecule has 0 aliphatic carbocycles. The van der Waals surface area contributed by atoms with Gasteiger partial charge in [-0.25, -0.2) is 0 Å². The lowest BCUT2D eigenvalue weighted by Gasteiger charge is -2.41. The zero-order valence-corrected chi connectivity index (χ0v) is 13.0. The van der Waals surface area contributed by atoms with E-state index in [1.807, 2.05) is 0 Å². The average Bonchev–Trinajstić information content (AvgIpc) is 2.44. The minimum Gasteiger partial charge on any atom is -0.373 e. The first-order valence-corrected chi connectivity index (χ1v) is 7.29. The van der Waals surface area contributed by atoms with Gasteiger partial charge >= 0.3 is 0 Å². The van der Waals surface area contributed by atoms with Gasteiger partial charge in [0.2, 0.25) is 0 Å². The number of rotatable bonds is 5. The molecular formula is C16H27N3O. The van der Waals surface area contributed by atoms with Crippen LogP contribution in [0.3, 0.4) is 0 Å². The lowest BCUT2D eigenvalue weighted by Crippen LogP contribution is -2.57. The van der Waals surface area contributed by atoms with Crippen molar-refractivity contribution >= 4 is 0 Å². The van der Waals surface area contributed by atoms with Crippen molar-refractivity contribution in [1.29, 1.82) is 0 Å². The molecule has 20 heavy (non-hydrogen) atoms. The number of likely N-dealkylation sites (N-methyl/N-ethyl adjacent to an activating group) is 1. The van der Waals surface area contributed by atoms with Gasteiger partial charge in [0.1, 0.15) is 0 Å². The maximum absolute atomic E-state index is 6.00. The molecule has 0 fully saturated rings. The summed E-state index contributed by atoms with van der Waals surface area (Å²) in [6.07, 6.45) is 2.00. The molecule has 112 valence electrons. The third-order valence-electron chi connectivity index (χ3n) is 4.75. The predicted molar refractivity (Wildman–Crippen MR) is 82.3 cm³/mol. The van der Waals surface area contributed by atoms with E-state index in [1.165, 1.54) is 11.1 Å². The van der Waals surface area contributed by atoms with Crippen LogP contribution in [-0.4, -0.2) is 37.2 Å². The average molecular weight is 277 g/mol. The van der Waals surface area contributed by atoms with E-state index in [-0.39, 0.29) is 17.7 Å². The Balaban J connectivity index is 2.17. The minimum atomic E-state index is -0.0372. The van der Waals surface area contributed by atoms with Gasteiger partial charge < -0.3 is 9.64 Å². The molecule has 0 saturated carbocycles. The number of hydrogen-bond acceptors (Lipinski definition) is 4. The molecule has 0 saturated heterocycles. The van der Waals surface area contributed by atoms with E-state index in [4.69, 9.17) is 10.6 Å². The van der Waals surface area contributed by atoms with Crippen LogP contribution in [0.25, 0.3) is 0 Å². The molecule has 2 unspecified atom stereocenters. The molecule has 0 aromatic heterocycles. The van der Waals surface area contributed by atoms with Crippen molar-refractivity contribution in [1.82, 2.24) is 10.3 Å². The molecule has 0 spiro atoms. The van der Waals surface area contributed by atoms with Crippen molar-refractivity contribution in [2.75, 3.05) is 20.7 Å². The van der Waals surface area contributed by atoms with Gasteiger partial charge in [0.05, 0.1) is 12.7 Å². The quantitative estimate of drug-likeness (QED) is 0.637. The molecule has 1 aromatic rings. The van der Waals surface area contributed by atoms with Gasteiger partial charge in [-0.1, -0.05) is 24.3 Å². The standard InChI is InChI=1S/C16H27N3O/c1-16(2,19(3)4)15(18-17)11-14-13-8-6-5-7-12(13)9-10-20-14/h5-8,14-15,18H,9-11,17H2,1-4H3. The fourth-order valence-corrected chi connectivity index (χ4v) is 2.76. The monoisotopic (exact) mass is 277 g/mol. The molecule has 3 N–H and O–H groups in total. The van der Waals surface area contributed by atoms with Crippen LogP contribution in [-0.2, 0) is 11.2 Å². The zero-order valence-electron chi connectivity index (χ0n) is 13.0. The summed E-state index contributed by atoms with van der Waals surface area (Å²) in [6, 6.07) is 8.72. The highest BCUT2D eigenvalue weighted by Gasteiger charge is 2.34. The Kier molecular flexibility index (Phi) is 4.81. The lowest BCUT2D eigenvalue weighted by molar-refractivity contribution is 0.0115. The maximum Gasteiger partial charge on any atom is 0.0843 e. The molecule has 1 aliphatic rings. The molecule has 1 heterocycles. The highest BCUT2D eigenvalue weighted by molar-refractivity contribution is 5.31. The zero-order chi connectivity index (χ0) is 14.8. The van der Waals surface area contributed by atoms with Crippen LogP contribution in [0.5, 0.6) is 0 Å². The number of nitrogens with one attached hydrogen (secondary N) is 1. The summed E-state index contributed by atoms with van der Waals surface area (Å²) in [5, 5.41) is 0. The SMILES string of the molecule is CN(C)C(C)(C)C(CC1OCCc2ccccc21)NN. The highest BCUT2D eigenvalue weighted by atomic mass is 16.5. The number of hydrogen-bond donors (Lipinski definition) is 2. The van der Waals surface area contributed by atoms with Crippen LogP contribution in [0, 0.1) is 0 Å². The first-order valence-electron chi connectivity index (χ1n) is 7.29. The normalized spacial score (nSPS) is 20.8. The van der Waals surface area contributed by atoms with Crippen LogP contribution in [0.4, 0.5) is 0 Å². The first kappa shape index (κ1) is 15.4.